The summed E-state index contributed by atoms with van der Waals surface area (Å²) in [6.45, 7) is 0. The molecule has 0 unspecified atom stereocenters. The Bertz CT molecular complexity index is 444. The molecule has 3 rings (SSSR count). The van der Waals surface area contributed by atoms with Crippen LogP contribution in [-0.4, -0.2) is 4.98 Å². The molecule has 12 heavy (non-hydrogen) atoms. The highest BCUT2D eigenvalue weighted by atomic mass is 16.3. The summed E-state index contributed by atoms with van der Waals surface area (Å²) in [5, 5.41) is 1.05. The van der Waals surface area contributed by atoms with Crippen LogP contribution in [0.15, 0.2) is 39.7 Å². The average molecular weight is 159 g/mol. The maximum atomic E-state index is 5.21. The summed E-state index contributed by atoms with van der Waals surface area (Å²) >= 11 is 0. The molecular weight excluding hydrogens is 154 g/mol. The van der Waals surface area contributed by atoms with E-state index in [2.05, 4.69) is 4.98 Å². The lowest BCUT2D eigenvalue weighted by atomic mass is 10.2. The predicted molar refractivity (Wildman–Crippen MR) is 43.8 cm³/mol. The minimum atomic E-state index is 0.762. The molecule has 0 spiro atoms. The van der Waals surface area contributed by atoms with Crippen molar-refractivity contribution in [1.29, 1.82) is 0 Å². The Morgan fingerprint density at radius 2 is 2.08 bits per heavy atom. The highest BCUT2D eigenvalue weighted by Gasteiger charge is 2.02. The molecule has 0 fully saturated rings. The maximum absolute atomic E-state index is 5.21. The number of hydrogen-bond acceptors (Lipinski definition) is 3. The van der Waals surface area contributed by atoms with E-state index in [4.69, 9.17) is 8.83 Å². The molecule has 2 heterocycles. The van der Waals surface area contributed by atoms with E-state index in [1.807, 2.05) is 18.2 Å². The molecule has 3 heteroatoms. The highest BCUT2D eigenvalue weighted by Crippen LogP contribution is 2.22. The molecule has 0 saturated carbocycles. The number of benzene rings is 1. The zero-order valence-corrected chi connectivity index (χ0v) is 6.15. The Hall–Kier alpha value is -1.77. The van der Waals surface area contributed by atoms with Gasteiger partial charge in [0, 0.05) is 11.5 Å². The lowest BCUT2D eigenvalue weighted by Crippen LogP contribution is -1.66. The highest BCUT2D eigenvalue weighted by molar-refractivity contribution is 5.90. The van der Waals surface area contributed by atoms with Gasteiger partial charge in [-0.2, -0.15) is 0 Å². The number of aromatic nitrogens is 1. The average Bonchev–Trinajstić information content (AvgIpc) is 2.64. The van der Waals surface area contributed by atoms with Crippen molar-refractivity contribution in [2.75, 3.05) is 0 Å². The molecular formula is C9H5NO2. The van der Waals surface area contributed by atoms with Crippen LogP contribution in [0.25, 0.3) is 22.1 Å². The fourth-order valence-corrected chi connectivity index (χ4v) is 1.31. The molecule has 58 valence electrons. The maximum Gasteiger partial charge on any atom is 0.181 e. The van der Waals surface area contributed by atoms with Gasteiger partial charge in [0.1, 0.15) is 11.1 Å². The van der Waals surface area contributed by atoms with Crippen molar-refractivity contribution in [2.45, 2.75) is 0 Å². The number of furan rings is 1. The molecule has 3 nitrogen and oxygen atoms in total. The summed E-state index contributed by atoms with van der Waals surface area (Å²) in [5.74, 6) is 0. The molecule has 3 aromatic rings. The summed E-state index contributed by atoms with van der Waals surface area (Å²) in [7, 11) is 0. The molecule has 1 aromatic carbocycles. The first-order valence-electron chi connectivity index (χ1n) is 3.64. The smallest absolute Gasteiger partial charge is 0.181 e. The van der Waals surface area contributed by atoms with Crippen molar-refractivity contribution >= 4 is 22.1 Å². The first-order chi connectivity index (χ1) is 5.93. The second-order valence-electron chi connectivity index (χ2n) is 2.63. The van der Waals surface area contributed by atoms with Crippen molar-refractivity contribution in [1.82, 2.24) is 4.98 Å². The van der Waals surface area contributed by atoms with E-state index in [1.165, 1.54) is 6.39 Å². The van der Waals surface area contributed by atoms with Gasteiger partial charge in [-0.15, -0.1) is 0 Å². The summed E-state index contributed by atoms with van der Waals surface area (Å²) in [4.78, 5) is 4.04. The van der Waals surface area contributed by atoms with Gasteiger partial charge in [0.25, 0.3) is 0 Å². The third-order valence-corrected chi connectivity index (χ3v) is 1.91. The molecule has 0 radical (unpaired) electrons. The molecule has 0 aliphatic carbocycles. The summed E-state index contributed by atoms with van der Waals surface area (Å²) in [6.07, 6.45) is 3.09. The standard InChI is InChI=1S/C9H5NO2/c1-2-11-8-4-9-7(3-6(1)8)10-5-12-9/h1-5H. The molecule has 0 atom stereocenters. The molecule has 0 saturated heterocycles. The monoisotopic (exact) mass is 159 g/mol. The Labute approximate surface area is 67.6 Å². The van der Waals surface area contributed by atoms with Crippen molar-refractivity contribution < 1.29 is 8.83 Å². The van der Waals surface area contributed by atoms with Gasteiger partial charge in [-0.1, -0.05) is 0 Å². The van der Waals surface area contributed by atoms with Gasteiger partial charge in [-0.25, -0.2) is 4.98 Å². The fraction of sp³-hybridized carbons (Fsp3) is 0. The van der Waals surface area contributed by atoms with Gasteiger partial charge in [0.15, 0.2) is 12.0 Å². The summed E-state index contributed by atoms with van der Waals surface area (Å²) < 4.78 is 10.3. The third kappa shape index (κ3) is 0.625. The SMILES string of the molecule is c1cc2cc3ncoc3cc2o1. The zero-order valence-electron chi connectivity index (χ0n) is 6.15. The van der Waals surface area contributed by atoms with Gasteiger partial charge < -0.3 is 8.83 Å². The quantitative estimate of drug-likeness (QED) is 0.506. The second-order valence-corrected chi connectivity index (χ2v) is 2.63. The Balaban J connectivity index is 2.62. The molecule has 0 bridgehead atoms. The van der Waals surface area contributed by atoms with Crippen molar-refractivity contribution in [3.63, 3.8) is 0 Å². The van der Waals surface area contributed by atoms with Gasteiger partial charge >= 0.3 is 0 Å². The summed E-state index contributed by atoms with van der Waals surface area (Å²) in [5.41, 5.74) is 2.46. The predicted octanol–water partition coefficient (Wildman–Crippen LogP) is 2.57. The molecule has 0 aliphatic heterocycles. The van der Waals surface area contributed by atoms with Crippen molar-refractivity contribution in [2.24, 2.45) is 0 Å². The zero-order chi connectivity index (χ0) is 7.97. The largest absolute Gasteiger partial charge is 0.464 e. The van der Waals surface area contributed by atoms with E-state index in [-0.39, 0.29) is 0 Å². The fourth-order valence-electron chi connectivity index (χ4n) is 1.31. The number of oxazole rings is 1. The van der Waals surface area contributed by atoms with Crippen molar-refractivity contribution in [3.05, 3.63) is 30.9 Å². The van der Waals surface area contributed by atoms with Crippen LogP contribution in [0.2, 0.25) is 0 Å². The van der Waals surface area contributed by atoms with Crippen LogP contribution in [0.3, 0.4) is 0 Å². The number of nitrogens with zero attached hydrogens (tertiary/aromatic N) is 1. The minimum Gasteiger partial charge on any atom is -0.464 e. The molecule has 0 N–H and O–H groups in total. The lowest BCUT2D eigenvalue weighted by Gasteiger charge is -1.86. The van der Waals surface area contributed by atoms with E-state index >= 15 is 0 Å². The van der Waals surface area contributed by atoms with Crippen LogP contribution in [0.5, 0.6) is 0 Å². The van der Waals surface area contributed by atoms with Gasteiger partial charge in [0.2, 0.25) is 0 Å². The van der Waals surface area contributed by atoms with Crippen LogP contribution in [-0.2, 0) is 0 Å². The topological polar surface area (TPSA) is 39.2 Å². The van der Waals surface area contributed by atoms with Crippen LogP contribution in [0.4, 0.5) is 0 Å². The first kappa shape index (κ1) is 5.83. The molecule has 0 amide bonds. The van der Waals surface area contributed by atoms with Gasteiger partial charge in [-0.05, 0) is 12.1 Å². The lowest BCUT2D eigenvalue weighted by molar-refractivity contribution is 0.596. The van der Waals surface area contributed by atoms with Gasteiger partial charge in [0.05, 0.1) is 6.26 Å². The number of fused-ring (bicyclic) bond motifs is 2. The first-order valence-corrected chi connectivity index (χ1v) is 3.64. The van der Waals surface area contributed by atoms with Crippen LogP contribution >= 0.6 is 0 Å². The third-order valence-electron chi connectivity index (χ3n) is 1.91. The van der Waals surface area contributed by atoms with Crippen molar-refractivity contribution in [3.8, 4) is 0 Å². The number of hydrogen-bond donors (Lipinski definition) is 0. The Kier molecular flexibility index (Phi) is 0.913. The molecule has 0 aliphatic rings. The van der Waals surface area contributed by atoms with E-state index < -0.39 is 0 Å². The van der Waals surface area contributed by atoms with Crippen LogP contribution in [0, 0.1) is 0 Å². The normalized spacial score (nSPS) is 11.3. The summed E-state index contributed by atoms with van der Waals surface area (Å²) in [6, 6.07) is 5.69. The van der Waals surface area contributed by atoms with Crippen LogP contribution < -0.4 is 0 Å². The Morgan fingerprint density at radius 1 is 1.08 bits per heavy atom. The van der Waals surface area contributed by atoms with Crippen LogP contribution in [0.1, 0.15) is 0 Å². The van der Waals surface area contributed by atoms with Gasteiger partial charge in [-0.3, -0.25) is 0 Å². The van der Waals surface area contributed by atoms with E-state index in [0.717, 1.165) is 22.1 Å². The Morgan fingerprint density at radius 3 is 3.08 bits per heavy atom. The van der Waals surface area contributed by atoms with E-state index in [9.17, 15) is 0 Å². The second kappa shape index (κ2) is 1.88. The minimum absolute atomic E-state index is 0.762. The molecule has 2 aromatic heterocycles. The van der Waals surface area contributed by atoms with E-state index in [0.29, 0.717) is 0 Å². The number of rotatable bonds is 0. The van der Waals surface area contributed by atoms with E-state index in [1.54, 1.807) is 6.26 Å².